The minimum Gasteiger partial charge on any atom is -0.306 e. The minimum atomic E-state index is -1.17. The predicted octanol–water partition coefficient (Wildman–Crippen LogP) is 4.42. The Morgan fingerprint density at radius 1 is 0.905 bits per heavy atom. The van der Waals surface area contributed by atoms with Crippen molar-refractivity contribution in [2.24, 2.45) is 0 Å². The molecule has 1 unspecified atom stereocenters. The highest BCUT2D eigenvalue weighted by atomic mass is 19.2. The third-order valence-electron chi connectivity index (χ3n) is 3.62. The van der Waals surface area contributed by atoms with Gasteiger partial charge in [-0.1, -0.05) is 25.1 Å². The molecule has 0 aromatic heterocycles. The van der Waals surface area contributed by atoms with E-state index in [9.17, 15) is 13.2 Å². The first-order valence-electron chi connectivity index (χ1n) is 6.89. The van der Waals surface area contributed by atoms with Crippen molar-refractivity contribution in [1.29, 1.82) is 0 Å². The molecular weight excluding hydrogens is 275 g/mol. The molecule has 4 heteroatoms. The molecule has 2 rings (SSSR count). The number of rotatable bonds is 4. The second-order valence-corrected chi connectivity index (χ2v) is 5.12. The molecule has 0 aliphatic carbocycles. The normalized spacial score (nSPS) is 12.5. The molecule has 0 fully saturated rings. The lowest BCUT2D eigenvalue weighted by Crippen LogP contribution is -2.23. The number of benzene rings is 2. The van der Waals surface area contributed by atoms with Gasteiger partial charge in [0.15, 0.2) is 11.6 Å². The monoisotopic (exact) mass is 293 g/mol. The van der Waals surface area contributed by atoms with Crippen molar-refractivity contribution in [3.63, 3.8) is 0 Å². The van der Waals surface area contributed by atoms with Crippen molar-refractivity contribution in [2.45, 2.75) is 26.8 Å². The lowest BCUT2D eigenvalue weighted by molar-refractivity contribution is 0.481. The SMILES string of the molecule is CCNC(c1ccc(C)c(C)c1)c1cc(F)c(F)cc1F. The van der Waals surface area contributed by atoms with Crippen LogP contribution in [0, 0.1) is 31.3 Å². The number of hydrogen-bond acceptors (Lipinski definition) is 1. The molecule has 0 saturated carbocycles. The van der Waals surface area contributed by atoms with Gasteiger partial charge in [0.25, 0.3) is 0 Å². The summed E-state index contributed by atoms with van der Waals surface area (Å²) in [6.45, 7) is 6.41. The van der Waals surface area contributed by atoms with Crippen molar-refractivity contribution < 1.29 is 13.2 Å². The molecule has 1 atom stereocenters. The van der Waals surface area contributed by atoms with Gasteiger partial charge in [0.1, 0.15) is 5.82 Å². The quantitative estimate of drug-likeness (QED) is 0.823. The number of halogens is 3. The zero-order chi connectivity index (χ0) is 15.6. The summed E-state index contributed by atoms with van der Waals surface area (Å²) >= 11 is 0. The van der Waals surface area contributed by atoms with Crippen LogP contribution in [-0.4, -0.2) is 6.54 Å². The zero-order valence-corrected chi connectivity index (χ0v) is 12.3. The molecule has 0 saturated heterocycles. The van der Waals surface area contributed by atoms with Crippen LogP contribution in [0.5, 0.6) is 0 Å². The van der Waals surface area contributed by atoms with E-state index in [1.54, 1.807) is 0 Å². The summed E-state index contributed by atoms with van der Waals surface area (Å²) in [4.78, 5) is 0. The number of aryl methyl sites for hydroxylation is 2. The second kappa shape index (κ2) is 6.31. The Morgan fingerprint density at radius 2 is 1.57 bits per heavy atom. The summed E-state index contributed by atoms with van der Waals surface area (Å²) in [6.07, 6.45) is 0. The van der Waals surface area contributed by atoms with E-state index in [-0.39, 0.29) is 5.56 Å². The number of nitrogens with one attached hydrogen (secondary N) is 1. The third kappa shape index (κ3) is 3.27. The van der Waals surface area contributed by atoms with E-state index >= 15 is 0 Å². The van der Waals surface area contributed by atoms with Crippen molar-refractivity contribution in [1.82, 2.24) is 5.32 Å². The largest absolute Gasteiger partial charge is 0.306 e. The van der Waals surface area contributed by atoms with Gasteiger partial charge in [0.05, 0.1) is 6.04 Å². The molecule has 0 amide bonds. The Kier molecular flexibility index (Phi) is 4.68. The summed E-state index contributed by atoms with van der Waals surface area (Å²) in [5.41, 5.74) is 3.13. The molecule has 2 aromatic carbocycles. The summed E-state index contributed by atoms with van der Waals surface area (Å²) in [5, 5.41) is 3.12. The highest BCUT2D eigenvalue weighted by Gasteiger charge is 2.20. The van der Waals surface area contributed by atoms with Crippen molar-refractivity contribution >= 4 is 0 Å². The summed E-state index contributed by atoms with van der Waals surface area (Å²) in [7, 11) is 0. The molecule has 2 aromatic rings. The predicted molar refractivity (Wildman–Crippen MR) is 77.8 cm³/mol. The van der Waals surface area contributed by atoms with Crippen LogP contribution in [-0.2, 0) is 0 Å². The van der Waals surface area contributed by atoms with Gasteiger partial charge >= 0.3 is 0 Å². The smallest absolute Gasteiger partial charge is 0.161 e. The molecule has 0 spiro atoms. The Bertz CT molecular complexity index is 653. The molecular formula is C17H18F3N. The molecule has 0 heterocycles. The van der Waals surface area contributed by atoms with Crippen molar-refractivity contribution in [2.75, 3.05) is 6.54 Å². The van der Waals surface area contributed by atoms with E-state index in [0.29, 0.717) is 12.6 Å². The molecule has 112 valence electrons. The fourth-order valence-corrected chi connectivity index (χ4v) is 2.31. The fraction of sp³-hybridized carbons (Fsp3) is 0.294. The van der Waals surface area contributed by atoms with Crippen LogP contribution in [0.1, 0.15) is 35.2 Å². The average molecular weight is 293 g/mol. The second-order valence-electron chi connectivity index (χ2n) is 5.12. The van der Waals surface area contributed by atoms with Gasteiger partial charge in [-0.25, -0.2) is 13.2 Å². The first-order chi connectivity index (χ1) is 9.93. The van der Waals surface area contributed by atoms with Gasteiger partial charge < -0.3 is 5.32 Å². The van der Waals surface area contributed by atoms with E-state index in [4.69, 9.17) is 0 Å². The van der Waals surface area contributed by atoms with Crippen LogP contribution in [0.2, 0.25) is 0 Å². The van der Waals surface area contributed by atoms with Crippen LogP contribution < -0.4 is 5.32 Å². The van der Waals surface area contributed by atoms with Gasteiger partial charge in [-0.15, -0.1) is 0 Å². The molecule has 0 radical (unpaired) electrons. The van der Waals surface area contributed by atoms with Gasteiger partial charge in [-0.2, -0.15) is 0 Å². The van der Waals surface area contributed by atoms with Gasteiger partial charge in [0.2, 0.25) is 0 Å². The maximum Gasteiger partial charge on any atom is 0.161 e. The highest BCUT2D eigenvalue weighted by Crippen LogP contribution is 2.27. The lowest BCUT2D eigenvalue weighted by Gasteiger charge is -2.21. The Hall–Kier alpha value is -1.81. The summed E-state index contributed by atoms with van der Waals surface area (Å²) in [6, 6.07) is 6.75. The van der Waals surface area contributed by atoms with Crippen LogP contribution in [0.15, 0.2) is 30.3 Å². The van der Waals surface area contributed by atoms with E-state index < -0.39 is 23.5 Å². The molecule has 0 bridgehead atoms. The summed E-state index contributed by atoms with van der Waals surface area (Å²) in [5.74, 6) is -2.97. The van der Waals surface area contributed by atoms with Crippen LogP contribution in [0.4, 0.5) is 13.2 Å². The average Bonchev–Trinajstić information content (AvgIpc) is 2.44. The molecule has 0 aliphatic rings. The van der Waals surface area contributed by atoms with E-state index in [2.05, 4.69) is 5.32 Å². The fourth-order valence-electron chi connectivity index (χ4n) is 2.31. The van der Waals surface area contributed by atoms with Crippen LogP contribution in [0.25, 0.3) is 0 Å². The summed E-state index contributed by atoms with van der Waals surface area (Å²) < 4.78 is 40.6. The highest BCUT2D eigenvalue weighted by molar-refractivity contribution is 5.38. The molecule has 0 aliphatic heterocycles. The number of hydrogen-bond donors (Lipinski definition) is 1. The minimum absolute atomic E-state index is 0.110. The van der Waals surface area contributed by atoms with Gasteiger partial charge in [-0.05, 0) is 43.1 Å². The van der Waals surface area contributed by atoms with Gasteiger partial charge in [0, 0.05) is 11.6 Å². The standard InChI is InChI=1S/C17H18F3N/c1-4-21-17(12-6-5-10(2)11(3)7-12)13-8-15(19)16(20)9-14(13)18/h5-9,17,21H,4H2,1-3H3. The third-order valence-corrected chi connectivity index (χ3v) is 3.62. The van der Waals surface area contributed by atoms with E-state index in [1.807, 2.05) is 39.0 Å². The Morgan fingerprint density at radius 3 is 2.19 bits per heavy atom. The maximum atomic E-state index is 14.0. The molecule has 1 nitrogen and oxygen atoms in total. The van der Waals surface area contributed by atoms with Gasteiger partial charge in [-0.3, -0.25) is 0 Å². The lowest BCUT2D eigenvalue weighted by atomic mass is 9.95. The Balaban J connectivity index is 2.52. The van der Waals surface area contributed by atoms with Crippen LogP contribution >= 0.6 is 0 Å². The first-order valence-corrected chi connectivity index (χ1v) is 6.89. The Labute approximate surface area is 122 Å². The topological polar surface area (TPSA) is 12.0 Å². The molecule has 1 N–H and O–H groups in total. The maximum absolute atomic E-state index is 14.0. The van der Waals surface area contributed by atoms with Crippen LogP contribution in [0.3, 0.4) is 0 Å². The van der Waals surface area contributed by atoms with E-state index in [0.717, 1.165) is 22.8 Å². The van der Waals surface area contributed by atoms with Crippen molar-refractivity contribution in [3.05, 3.63) is 70.0 Å². The molecule has 21 heavy (non-hydrogen) atoms. The first kappa shape index (κ1) is 15.6. The van der Waals surface area contributed by atoms with Crippen molar-refractivity contribution in [3.8, 4) is 0 Å². The zero-order valence-electron chi connectivity index (χ0n) is 12.3. The van der Waals surface area contributed by atoms with E-state index in [1.165, 1.54) is 0 Å².